The van der Waals surface area contributed by atoms with Gasteiger partial charge in [0.05, 0.1) is 7.11 Å². The Labute approximate surface area is 204 Å². The van der Waals surface area contributed by atoms with Crippen LogP contribution in [0.25, 0.3) is 0 Å². The lowest BCUT2D eigenvalue weighted by Gasteiger charge is -2.33. The smallest absolute Gasteiger partial charge is 0.261 e. The molecule has 0 spiro atoms. The molecule has 2 aromatic carbocycles. The molecule has 6 heteroatoms. The van der Waals surface area contributed by atoms with E-state index in [0.717, 1.165) is 11.3 Å². The van der Waals surface area contributed by atoms with Gasteiger partial charge >= 0.3 is 0 Å². The third-order valence-corrected chi connectivity index (χ3v) is 5.48. The van der Waals surface area contributed by atoms with Crippen LogP contribution in [0.1, 0.15) is 66.0 Å². The van der Waals surface area contributed by atoms with Crippen molar-refractivity contribution in [1.82, 2.24) is 10.2 Å². The van der Waals surface area contributed by atoms with Crippen molar-refractivity contribution in [3.8, 4) is 11.5 Å². The van der Waals surface area contributed by atoms with Gasteiger partial charge in [-0.05, 0) is 68.0 Å². The van der Waals surface area contributed by atoms with Crippen LogP contribution in [0.2, 0.25) is 0 Å². The molecule has 34 heavy (non-hydrogen) atoms. The minimum Gasteiger partial charge on any atom is -0.497 e. The lowest BCUT2D eigenvalue weighted by Crippen LogP contribution is -2.54. The summed E-state index contributed by atoms with van der Waals surface area (Å²) in [6.07, 6.45) is 0.490. The first-order valence-corrected chi connectivity index (χ1v) is 11.8. The van der Waals surface area contributed by atoms with Crippen LogP contribution in [-0.2, 0) is 21.5 Å². The zero-order valence-corrected chi connectivity index (χ0v) is 21.9. The van der Waals surface area contributed by atoms with Crippen molar-refractivity contribution in [2.24, 2.45) is 0 Å². The van der Waals surface area contributed by atoms with Crippen molar-refractivity contribution in [2.75, 3.05) is 13.7 Å². The molecule has 0 aliphatic carbocycles. The van der Waals surface area contributed by atoms with Crippen molar-refractivity contribution in [1.29, 1.82) is 0 Å². The van der Waals surface area contributed by atoms with Crippen LogP contribution >= 0.6 is 0 Å². The minimum atomic E-state index is -0.610. The second-order valence-electron chi connectivity index (χ2n) is 10.6. The van der Waals surface area contributed by atoms with Crippen LogP contribution in [0.3, 0.4) is 0 Å². The molecule has 0 fully saturated rings. The predicted molar refractivity (Wildman–Crippen MR) is 136 cm³/mol. The number of benzene rings is 2. The third kappa shape index (κ3) is 8.08. The van der Waals surface area contributed by atoms with E-state index in [-0.39, 0.29) is 23.8 Å². The van der Waals surface area contributed by atoms with Crippen molar-refractivity contribution in [2.45, 2.75) is 78.4 Å². The Bertz CT molecular complexity index is 938. The highest BCUT2D eigenvalue weighted by molar-refractivity contribution is 5.88. The highest BCUT2D eigenvalue weighted by atomic mass is 16.5. The Kier molecular flexibility index (Phi) is 9.14. The van der Waals surface area contributed by atoms with E-state index < -0.39 is 11.6 Å². The summed E-state index contributed by atoms with van der Waals surface area (Å²) in [6, 6.07) is 14.7. The molecule has 0 heterocycles. The first-order valence-electron chi connectivity index (χ1n) is 11.8. The van der Waals surface area contributed by atoms with E-state index in [9.17, 15) is 9.59 Å². The molecule has 2 rings (SSSR count). The average Bonchev–Trinajstić information content (AvgIpc) is 2.76. The van der Waals surface area contributed by atoms with Crippen molar-refractivity contribution in [3.63, 3.8) is 0 Å². The Hall–Kier alpha value is -3.02. The maximum absolute atomic E-state index is 13.3. The van der Waals surface area contributed by atoms with Crippen LogP contribution < -0.4 is 14.8 Å². The second-order valence-corrected chi connectivity index (χ2v) is 10.6. The van der Waals surface area contributed by atoms with Gasteiger partial charge in [0.15, 0.2) is 6.61 Å². The summed E-state index contributed by atoms with van der Waals surface area (Å²) < 4.78 is 11.1. The zero-order valence-electron chi connectivity index (χ0n) is 21.9. The van der Waals surface area contributed by atoms with Crippen LogP contribution in [0, 0.1) is 0 Å². The van der Waals surface area contributed by atoms with Crippen molar-refractivity contribution in [3.05, 3.63) is 59.7 Å². The van der Waals surface area contributed by atoms with E-state index >= 15 is 0 Å². The predicted octanol–water partition coefficient (Wildman–Crippen LogP) is 5.09. The highest BCUT2D eigenvalue weighted by Gasteiger charge is 2.31. The fraction of sp³-hybridized carbons (Fsp3) is 0.500. The average molecular weight is 469 g/mol. The van der Waals surface area contributed by atoms with Gasteiger partial charge in [0.1, 0.15) is 17.5 Å². The van der Waals surface area contributed by atoms with Crippen LogP contribution in [0.4, 0.5) is 0 Å². The van der Waals surface area contributed by atoms with Gasteiger partial charge in [-0.25, -0.2) is 0 Å². The maximum Gasteiger partial charge on any atom is 0.261 e. The summed E-state index contributed by atoms with van der Waals surface area (Å²) in [5, 5.41) is 3.01. The second kappa shape index (κ2) is 11.4. The monoisotopic (exact) mass is 468 g/mol. The molecule has 0 aliphatic rings. The molecule has 6 nitrogen and oxygen atoms in total. The van der Waals surface area contributed by atoms with Gasteiger partial charge in [-0.3, -0.25) is 9.59 Å². The van der Waals surface area contributed by atoms with E-state index in [2.05, 4.69) is 26.1 Å². The Morgan fingerprint density at radius 1 is 0.912 bits per heavy atom. The number of methoxy groups -OCH3 is 1. The van der Waals surface area contributed by atoms with Crippen LogP contribution in [0.15, 0.2) is 48.5 Å². The molecule has 0 bridgehead atoms. The normalized spacial score (nSPS) is 12.6. The summed E-state index contributed by atoms with van der Waals surface area (Å²) in [6.45, 7) is 14.3. The van der Waals surface area contributed by atoms with Crippen LogP contribution in [-0.4, -0.2) is 42.0 Å². The summed E-state index contributed by atoms with van der Waals surface area (Å²) in [5.41, 5.74) is 1.74. The number of rotatable bonds is 9. The molecule has 2 aromatic rings. The maximum atomic E-state index is 13.3. The molecule has 0 aromatic heterocycles. The topological polar surface area (TPSA) is 67.9 Å². The van der Waals surface area contributed by atoms with Crippen LogP contribution in [0.5, 0.6) is 11.5 Å². The number of amides is 2. The van der Waals surface area contributed by atoms with Gasteiger partial charge in [0.2, 0.25) is 5.91 Å². The summed E-state index contributed by atoms with van der Waals surface area (Å²) in [5.74, 6) is 0.942. The van der Waals surface area contributed by atoms with Gasteiger partial charge in [-0.2, -0.15) is 0 Å². The third-order valence-electron chi connectivity index (χ3n) is 5.48. The van der Waals surface area contributed by atoms with E-state index in [1.54, 1.807) is 12.0 Å². The SMILES string of the molecule is CC[C@H](C(=O)NC(C)(C)C)N(Cc1ccc(OC)cc1)C(=O)COc1ccc(C(C)(C)C)cc1. The number of nitrogens with zero attached hydrogens (tertiary/aromatic N) is 1. The van der Waals surface area contributed by atoms with Gasteiger partial charge in [-0.1, -0.05) is 52.0 Å². The van der Waals surface area contributed by atoms with E-state index in [4.69, 9.17) is 9.47 Å². The number of hydrogen-bond acceptors (Lipinski definition) is 4. The molecule has 1 N–H and O–H groups in total. The Morgan fingerprint density at radius 2 is 1.47 bits per heavy atom. The standard InChI is InChI=1S/C28H40N2O4/c1-9-24(26(32)29-28(5,6)7)30(18-20-10-14-22(33-8)15-11-20)25(31)19-34-23-16-12-21(13-17-23)27(2,3)4/h10-17,24H,9,18-19H2,1-8H3,(H,29,32)/t24-/m1/s1. The molecule has 0 aliphatic heterocycles. The molecular weight excluding hydrogens is 428 g/mol. The van der Waals surface area contributed by atoms with Crippen molar-refractivity contribution < 1.29 is 19.1 Å². The summed E-state index contributed by atoms with van der Waals surface area (Å²) in [7, 11) is 1.61. The number of hydrogen-bond donors (Lipinski definition) is 1. The molecule has 186 valence electrons. The summed E-state index contributed by atoms with van der Waals surface area (Å²) in [4.78, 5) is 28.0. The molecule has 1 atom stereocenters. The number of ether oxygens (including phenoxy) is 2. The lowest BCUT2D eigenvalue weighted by atomic mass is 9.87. The first kappa shape index (κ1) is 27.2. The number of carbonyl (C=O) groups excluding carboxylic acids is 2. The molecule has 0 unspecified atom stereocenters. The molecule has 0 saturated carbocycles. The molecular formula is C28H40N2O4. The lowest BCUT2D eigenvalue weighted by molar-refractivity contribution is -0.143. The molecule has 0 radical (unpaired) electrons. The fourth-order valence-electron chi connectivity index (χ4n) is 3.58. The summed E-state index contributed by atoms with van der Waals surface area (Å²) >= 11 is 0. The quantitative estimate of drug-likeness (QED) is 0.556. The Morgan fingerprint density at radius 3 is 1.94 bits per heavy atom. The number of nitrogens with one attached hydrogen (secondary N) is 1. The van der Waals surface area contributed by atoms with Gasteiger partial charge in [0.25, 0.3) is 5.91 Å². The van der Waals surface area contributed by atoms with E-state index in [0.29, 0.717) is 18.7 Å². The fourth-order valence-corrected chi connectivity index (χ4v) is 3.58. The minimum absolute atomic E-state index is 0.0400. The highest BCUT2D eigenvalue weighted by Crippen LogP contribution is 2.24. The van der Waals surface area contributed by atoms with Gasteiger partial charge in [0, 0.05) is 12.1 Å². The molecule has 2 amide bonds. The first-order chi connectivity index (χ1) is 15.8. The largest absolute Gasteiger partial charge is 0.497 e. The Balaban J connectivity index is 2.22. The van der Waals surface area contributed by atoms with Gasteiger partial charge in [-0.15, -0.1) is 0 Å². The van der Waals surface area contributed by atoms with E-state index in [1.165, 1.54) is 5.56 Å². The van der Waals surface area contributed by atoms with E-state index in [1.807, 2.05) is 76.2 Å². The molecule has 0 saturated heterocycles. The van der Waals surface area contributed by atoms with Gasteiger partial charge < -0.3 is 19.7 Å². The van der Waals surface area contributed by atoms with Crippen molar-refractivity contribution >= 4 is 11.8 Å². The zero-order chi connectivity index (χ0) is 25.5. The number of carbonyl (C=O) groups is 2.